The van der Waals surface area contributed by atoms with Crippen LogP contribution in [0.3, 0.4) is 0 Å². The Morgan fingerprint density at radius 2 is 2.32 bits per heavy atom. The van der Waals surface area contributed by atoms with Gasteiger partial charge in [0.2, 0.25) is 0 Å². The molecule has 8 heteroatoms. The molecule has 19 heavy (non-hydrogen) atoms. The van der Waals surface area contributed by atoms with Gasteiger partial charge in [-0.05, 0) is 6.92 Å². The number of nitrogens with zero attached hydrogens (tertiary/aromatic N) is 3. The van der Waals surface area contributed by atoms with E-state index in [-0.39, 0.29) is 17.3 Å². The lowest BCUT2D eigenvalue weighted by molar-refractivity contribution is -0.385. The molecule has 0 unspecified atom stereocenters. The third-order valence-corrected chi connectivity index (χ3v) is 3.82. The van der Waals surface area contributed by atoms with Crippen molar-refractivity contribution >= 4 is 46.1 Å². The number of rotatable bonds is 3. The predicted octanol–water partition coefficient (Wildman–Crippen LogP) is 2.10. The molecule has 1 aliphatic rings. The Labute approximate surface area is 118 Å². The fourth-order valence-electron chi connectivity index (χ4n) is 1.49. The average Bonchev–Trinajstić information content (AvgIpc) is 2.68. The zero-order chi connectivity index (χ0) is 14.0. The highest BCUT2D eigenvalue weighted by molar-refractivity contribution is 8.23. The third kappa shape index (κ3) is 2.96. The first kappa shape index (κ1) is 13.6. The summed E-state index contributed by atoms with van der Waals surface area (Å²) in [5.74, 6) is 0.0948. The number of thioether (sulfide) groups is 1. The molecule has 0 bridgehead atoms. The highest BCUT2D eigenvalue weighted by Crippen LogP contribution is 2.21. The molecule has 6 nitrogen and oxygen atoms in total. The van der Waals surface area contributed by atoms with Crippen LogP contribution < -0.4 is 0 Å². The predicted molar refractivity (Wildman–Crippen MR) is 77.3 cm³/mol. The van der Waals surface area contributed by atoms with E-state index in [1.54, 1.807) is 19.1 Å². The zero-order valence-electron chi connectivity index (χ0n) is 9.90. The average molecular weight is 295 g/mol. The third-order valence-electron chi connectivity index (χ3n) is 2.48. The van der Waals surface area contributed by atoms with Crippen molar-refractivity contribution in [3.8, 4) is 0 Å². The standard InChI is InChI=1S/C11H9N3O3S2/c1-7-2-3-8(4-9(7)14(16)17)5-12-13-10(15)6-19-11(13)18/h2-5H,6H2,1H3/b12-5+. The monoisotopic (exact) mass is 295 g/mol. The van der Waals surface area contributed by atoms with Crippen LogP contribution in [0.2, 0.25) is 0 Å². The number of carbonyl (C=O) groups excluding carboxylic acids is 1. The first-order chi connectivity index (χ1) is 8.99. The van der Waals surface area contributed by atoms with Crippen molar-refractivity contribution in [1.29, 1.82) is 0 Å². The number of carbonyl (C=O) groups is 1. The van der Waals surface area contributed by atoms with E-state index in [9.17, 15) is 14.9 Å². The lowest BCUT2D eigenvalue weighted by Gasteiger charge is -2.06. The van der Waals surface area contributed by atoms with Crippen molar-refractivity contribution in [2.45, 2.75) is 6.92 Å². The summed E-state index contributed by atoms with van der Waals surface area (Å²) in [6, 6.07) is 4.75. The second kappa shape index (κ2) is 5.45. The summed E-state index contributed by atoms with van der Waals surface area (Å²) in [5.41, 5.74) is 1.14. The van der Waals surface area contributed by atoms with Crippen LogP contribution >= 0.6 is 24.0 Å². The molecule has 2 rings (SSSR count). The minimum Gasteiger partial charge on any atom is -0.272 e. The molecular formula is C11H9N3O3S2. The molecular weight excluding hydrogens is 286 g/mol. The maximum atomic E-state index is 11.4. The van der Waals surface area contributed by atoms with Crippen LogP contribution in [0.15, 0.2) is 23.3 Å². The largest absolute Gasteiger partial charge is 0.272 e. The molecule has 1 aromatic rings. The zero-order valence-corrected chi connectivity index (χ0v) is 11.5. The number of hydrogen-bond donors (Lipinski definition) is 0. The van der Waals surface area contributed by atoms with Gasteiger partial charge in [-0.25, -0.2) is 0 Å². The van der Waals surface area contributed by atoms with Crippen LogP contribution in [0, 0.1) is 17.0 Å². The number of nitro groups is 1. The Morgan fingerprint density at radius 3 is 2.89 bits per heavy atom. The first-order valence-corrected chi connectivity index (χ1v) is 6.67. The summed E-state index contributed by atoms with van der Waals surface area (Å²) in [6.07, 6.45) is 1.39. The van der Waals surface area contributed by atoms with Crippen LogP contribution in [0.25, 0.3) is 0 Å². The fourth-order valence-corrected chi connectivity index (χ4v) is 2.45. The second-order valence-electron chi connectivity index (χ2n) is 3.81. The van der Waals surface area contributed by atoms with Gasteiger partial charge in [0.05, 0.1) is 16.9 Å². The summed E-state index contributed by atoms with van der Waals surface area (Å²) in [4.78, 5) is 21.8. The van der Waals surface area contributed by atoms with Crippen LogP contribution in [-0.2, 0) is 4.79 Å². The van der Waals surface area contributed by atoms with Gasteiger partial charge in [-0.3, -0.25) is 14.9 Å². The van der Waals surface area contributed by atoms with Crippen LogP contribution in [0.1, 0.15) is 11.1 Å². The van der Waals surface area contributed by atoms with Crippen molar-refractivity contribution in [2.24, 2.45) is 5.10 Å². The fraction of sp³-hybridized carbons (Fsp3) is 0.182. The van der Waals surface area contributed by atoms with Crippen molar-refractivity contribution in [3.63, 3.8) is 0 Å². The molecule has 1 saturated heterocycles. The van der Waals surface area contributed by atoms with Crippen molar-refractivity contribution in [2.75, 3.05) is 5.75 Å². The van der Waals surface area contributed by atoms with E-state index >= 15 is 0 Å². The molecule has 0 saturated carbocycles. The quantitative estimate of drug-likeness (QED) is 0.369. The highest BCUT2D eigenvalue weighted by atomic mass is 32.2. The van der Waals surface area contributed by atoms with Gasteiger partial charge < -0.3 is 0 Å². The number of amides is 1. The van der Waals surface area contributed by atoms with E-state index in [0.717, 1.165) is 5.01 Å². The Balaban J connectivity index is 2.24. The molecule has 1 fully saturated rings. The van der Waals surface area contributed by atoms with Gasteiger partial charge in [-0.2, -0.15) is 10.1 Å². The van der Waals surface area contributed by atoms with Gasteiger partial charge in [0.1, 0.15) is 0 Å². The normalized spacial score (nSPS) is 15.5. The van der Waals surface area contributed by atoms with Gasteiger partial charge in [0, 0.05) is 17.2 Å². The Hall–Kier alpha value is -1.80. The minimum atomic E-state index is -0.450. The topological polar surface area (TPSA) is 75.8 Å². The van der Waals surface area contributed by atoms with E-state index < -0.39 is 4.92 Å². The number of hydrazone groups is 1. The Kier molecular flexibility index (Phi) is 3.91. The van der Waals surface area contributed by atoms with E-state index in [4.69, 9.17) is 12.2 Å². The lowest BCUT2D eigenvalue weighted by atomic mass is 10.1. The summed E-state index contributed by atoms with van der Waals surface area (Å²) in [5, 5.41) is 15.9. The molecule has 1 aliphatic heterocycles. The minimum absolute atomic E-state index is 0.0219. The number of nitro benzene ring substituents is 1. The summed E-state index contributed by atoms with van der Waals surface area (Å²) >= 11 is 6.21. The SMILES string of the molecule is Cc1ccc(/C=N/N2C(=O)CSC2=S)cc1[N+](=O)[O-]. The maximum absolute atomic E-state index is 11.4. The molecule has 0 radical (unpaired) electrons. The maximum Gasteiger partial charge on any atom is 0.272 e. The molecule has 0 atom stereocenters. The second-order valence-corrected chi connectivity index (χ2v) is 5.42. The van der Waals surface area contributed by atoms with E-state index in [1.165, 1.54) is 24.0 Å². The highest BCUT2D eigenvalue weighted by Gasteiger charge is 2.26. The molecule has 1 heterocycles. The number of benzene rings is 1. The number of aryl methyl sites for hydroxylation is 1. The van der Waals surface area contributed by atoms with Gasteiger partial charge in [0.25, 0.3) is 11.6 Å². The van der Waals surface area contributed by atoms with Gasteiger partial charge >= 0.3 is 0 Å². The van der Waals surface area contributed by atoms with Crippen LogP contribution in [0.5, 0.6) is 0 Å². The lowest BCUT2D eigenvalue weighted by Crippen LogP contribution is -2.22. The van der Waals surface area contributed by atoms with Gasteiger partial charge in [0.15, 0.2) is 4.32 Å². The Morgan fingerprint density at radius 1 is 1.58 bits per heavy atom. The molecule has 1 aromatic carbocycles. The van der Waals surface area contributed by atoms with Crippen LogP contribution in [-0.4, -0.2) is 32.1 Å². The molecule has 0 aromatic heterocycles. The van der Waals surface area contributed by atoms with Crippen molar-refractivity contribution in [1.82, 2.24) is 5.01 Å². The smallest absolute Gasteiger partial charge is 0.272 e. The number of hydrogen-bond acceptors (Lipinski definition) is 6. The van der Waals surface area contributed by atoms with Crippen molar-refractivity contribution < 1.29 is 9.72 Å². The van der Waals surface area contributed by atoms with Crippen molar-refractivity contribution in [3.05, 3.63) is 39.4 Å². The van der Waals surface area contributed by atoms with E-state index in [0.29, 0.717) is 15.4 Å². The van der Waals surface area contributed by atoms with Gasteiger partial charge in [-0.1, -0.05) is 36.1 Å². The molecule has 0 N–H and O–H groups in total. The molecule has 1 amide bonds. The van der Waals surface area contributed by atoms with Gasteiger partial charge in [-0.15, -0.1) is 0 Å². The Bertz CT molecular complexity index is 585. The van der Waals surface area contributed by atoms with E-state index in [1.807, 2.05) is 0 Å². The number of thiocarbonyl (C=S) groups is 1. The molecule has 0 aliphatic carbocycles. The first-order valence-electron chi connectivity index (χ1n) is 5.28. The molecule has 98 valence electrons. The summed E-state index contributed by atoms with van der Waals surface area (Å²) < 4.78 is 0.392. The summed E-state index contributed by atoms with van der Waals surface area (Å²) in [6.45, 7) is 1.66. The molecule has 0 spiro atoms. The van der Waals surface area contributed by atoms with E-state index in [2.05, 4.69) is 5.10 Å². The van der Waals surface area contributed by atoms with Crippen LogP contribution in [0.4, 0.5) is 5.69 Å². The summed E-state index contributed by atoms with van der Waals surface area (Å²) in [7, 11) is 0.